The summed E-state index contributed by atoms with van der Waals surface area (Å²) in [4.78, 5) is 11.2. The maximum absolute atomic E-state index is 11.2. The van der Waals surface area contributed by atoms with Crippen LogP contribution in [0.1, 0.15) is 91.2 Å². The van der Waals surface area contributed by atoms with Crippen molar-refractivity contribution in [2.45, 2.75) is 92.6 Å². The number of ether oxygens (including phenoxy) is 2. The van der Waals surface area contributed by atoms with E-state index in [0.717, 1.165) is 55.4 Å². The van der Waals surface area contributed by atoms with E-state index >= 15 is 0 Å². The molecule has 0 N–H and O–H groups in total. The number of fused-ring (bicyclic) bond motifs is 1. The van der Waals surface area contributed by atoms with E-state index in [2.05, 4.69) is 65.0 Å². The van der Waals surface area contributed by atoms with Crippen LogP contribution in [0.25, 0.3) is 6.08 Å². The summed E-state index contributed by atoms with van der Waals surface area (Å²) in [5.74, 6) is 1.12. The van der Waals surface area contributed by atoms with Gasteiger partial charge < -0.3 is 9.47 Å². The molecule has 1 atom stereocenters. The van der Waals surface area contributed by atoms with Gasteiger partial charge in [-0.15, -0.1) is 0 Å². The molecule has 3 heteroatoms. The molecule has 1 heterocycles. The molecule has 0 unspecified atom stereocenters. The molecule has 0 bridgehead atoms. The highest BCUT2D eigenvalue weighted by Gasteiger charge is 2.28. The van der Waals surface area contributed by atoms with Crippen LogP contribution in [0.4, 0.5) is 0 Å². The van der Waals surface area contributed by atoms with E-state index in [1.54, 1.807) is 0 Å². The molecule has 174 valence electrons. The van der Waals surface area contributed by atoms with Gasteiger partial charge in [0.25, 0.3) is 0 Å². The van der Waals surface area contributed by atoms with Crippen molar-refractivity contribution in [1.29, 1.82) is 0 Å². The Labute approximate surface area is 194 Å². The fraction of sp³-hybridized carbons (Fsp3) is 0.483. The maximum Gasteiger partial charge on any atom is 0.308 e. The zero-order chi connectivity index (χ0) is 23.7. The van der Waals surface area contributed by atoms with Gasteiger partial charge in [-0.2, -0.15) is 0 Å². The van der Waals surface area contributed by atoms with Gasteiger partial charge in [0.1, 0.15) is 17.1 Å². The first-order valence-electron chi connectivity index (χ1n) is 11.7. The lowest BCUT2D eigenvalue weighted by Gasteiger charge is -2.32. The molecule has 32 heavy (non-hydrogen) atoms. The number of esters is 1. The van der Waals surface area contributed by atoms with Crippen molar-refractivity contribution in [3.63, 3.8) is 0 Å². The highest BCUT2D eigenvalue weighted by atomic mass is 16.5. The molecular weight excluding hydrogens is 396 g/mol. The van der Waals surface area contributed by atoms with Gasteiger partial charge in [0.15, 0.2) is 0 Å². The summed E-state index contributed by atoms with van der Waals surface area (Å²) in [6.07, 6.45) is 17.6. The first-order chi connectivity index (χ1) is 15.1. The number of rotatable bonds is 10. The largest absolute Gasteiger partial charge is 0.483 e. The molecule has 0 radical (unpaired) electrons. The van der Waals surface area contributed by atoms with Crippen LogP contribution in [0.2, 0.25) is 0 Å². The lowest BCUT2D eigenvalue weighted by atomic mass is 9.93. The minimum Gasteiger partial charge on any atom is -0.483 e. The Morgan fingerprint density at radius 2 is 1.59 bits per heavy atom. The van der Waals surface area contributed by atoms with Crippen LogP contribution in [-0.4, -0.2) is 11.6 Å². The molecule has 0 fully saturated rings. The summed E-state index contributed by atoms with van der Waals surface area (Å²) >= 11 is 0. The van der Waals surface area contributed by atoms with E-state index in [1.165, 1.54) is 23.6 Å². The quantitative estimate of drug-likeness (QED) is 0.210. The van der Waals surface area contributed by atoms with Crippen LogP contribution in [0.3, 0.4) is 0 Å². The average molecular weight is 437 g/mol. The molecule has 1 aromatic carbocycles. The number of aryl methyl sites for hydroxylation is 1. The average Bonchev–Trinajstić information content (AvgIpc) is 2.68. The number of carbonyl (C=O) groups is 1. The molecule has 3 nitrogen and oxygen atoms in total. The van der Waals surface area contributed by atoms with Gasteiger partial charge in [0.05, 0.1) is 0 Å². The minimum absolute atomic E-state index is 0.313. The molecule has 1 aliphatic rings. The van der Waals surface area contributed by atoms with Crippen LogP contribution >= 0.6 is 0 Å². The first-order valence-corrected chi connectivity index (χ1v) is 11.7. The van der Waals surface area contributed by atoms with Crippen molar-refractivity contribution in [3.05, 3.63) is 64.3 Å². The molecular formula is C29H40O3. The molecule has 0 saturated heterocycles. The zero-order valence-corrected chi connectivity index (χ0v) is 21.0. The Bertz CT molecular complexity index is 926. The second-order valence-electron chi connectivity index (χ2n) is 9.50. The van der Waals surface area contributed by atoms with Gasteiger partial charge in [-0.25, -0.2) is 0 Å². The van der Waals surface area contributed by atoms with E-state index in [9.17, 15) is 4.79 Å². The van der Waals surface area contributed by atoms with E-state index in [0.29, 0.717) is 5.75 Å². The van der Waals surface area contributed by atoms with Gasteiger partial charge >= 0.3 is 5.97 Å². The van der Waals surface area contributed by atoms with Crippen molar-refractivity contribution >= 4 is 12.0 Å². The standard InChI is InChI=1S/C29H40O3/c1-21(2)11-8-12-22(3)13-9-14-23(4)15-10-17-29(7)18-16-26-20-27(31-25(6)30)19-24(5)28(26)32-29/h11,13,15-16,18-20H,8-10,12,14,17H2,1-7H3/t29-/m0/s1. The summed E-state index contributed by atoms with van der Waals surface area (Å²) in [5, 5.41) is 0. The SMILES string of the molecule is CC(=O)Oc1cc(C)c2c(c1)C=C[C@](C)(CCC=C(C)CCC=C(C)CCC=C(C)C)O2. The summed E-state index contributed by atoms with van der Waals surface area (Å²) < 4.78 is 11.6. The van der Waals surface area contributed by atoms with Gasteiger partial charge in [-0.05, 0) is 104 Å². The molecule has 2 rings (SSSR count). The van der Waals surface area contributed by atoms with Crippen molar-refractivity contribution in [2.75, 3.05) is 0 Å². The zero-order valence-electron chi connectivity index (χ0n) is 21.0. The molecule has 0 saturated carbocycles. The van der Waals surface area contributed by atoms with E-state index < -0.39 is 0 Å². The van der Waals surface area contributed by atoms with Crippen LogP contribution in [-0.2, 0) is 4.79 Å². The number of hydrogen-bond acceptors (Lipinski definition) is 3. The van der Waals surface area contributed by atoms with Crippen molar-refractivity contribution < 1.29 is 14.3 Å². The number of benzene rings is 1. The Morgan fingerprint density at radius 1 is 0.969 bits per heavy atom. The second kappa shape index (κ2) is 11.9. The molecule has 1 aromatic rings. The van der Waals surface area contributed by atoms with Crippen LogP contribution < -0.4 is 9.47 Å². The van der Waals surface area contributed by atoms with Crippen molar-refractivity contribution in [2.24, 2.45) is 0 Å². The lowest BCUT2D eigenvalue weighted by molar-refractivity contribution is -0.131. The summed E-state index contributed by atoms with van der Waals surface area (Å²) in [7, 11) is 0. The molecule has 1 aliphatic heterocycles. The topological polar surface area (TPSA) is 35.5 Å². The summed E-state index contributed by atoms with van der Waals surface area (Å²) in [5.41, 5.74) is 5.91. The third kappa shape index (κ3) is 8.53. The third-order valence-electron chi connectivity index (χ3n) is 5.75. The monoisotopic (exact) mass is 436 g/mol. The normalized spacial score (nSPS) is 18.1. The Hall–Kier alpha value is -2.55. The van der Waals surface area contributed by atoms with Gasteiger partial charge in [0.2, 0.25) is 0 Å². The maximum atomic E-state index is 11.2. The van der Waals surface area contributed by atoms with Crippen molar-refractivity contribution in [3.8, 4) is 11.5 Å². The summed E-state index contributed by atoms with van der Waals surface area (Å²) in [6.45, 7) is 14.3. The first kappa shape index (κ1) is 25.7. The van der Waals surface area contributed by atoms with E-state index in [4.69, 9.17) is 9.47 Å². The predicted molar refractivity (Wildman–Crippen MR) is 135 cm³/mol. The van der Waals surface area contributed by atoms with E-state index in [-0.39, 0.29) is 11.6 Å². The number of carbonyl (C=O) groups excluding carboxylic acids is 1. The predicted octanol–water partition coefficient (Wildman–Crippen LogP) is 8.28. The smallest absolute Gasteiger partial charge is 0.308 e. The molecule has 0 spiro atoms. The van der Waals surface area contributed by atoms with E-state index in [1.807, 2.05) is 19.1 Å². The van der Waals surface area contributed by atoms with Gasteiger partial charge in [-0.3, -0.25) is 4.79 Å². The molecule has 0 aliphatic carbocycles. The Kier molecular flexibility index (Phi) is 9.56. The summed E-state index contributed by atoms with van der Waals surface area (Å²) in [6, 6.07) is 3.72. The Morgan fingerprint density at radius 3 is 2.22 bits per heavy atom. The molecule has 0 aromatic heterocycles. The van der Waals surface area contributed by atoms with Crippen molar-refractivity contribution in [1.82, 2.24) is 0 Å². The highest BCUT2D eigenvalue weighted by Crippen LogP contribution is 2.38. The van der Waals surface area contributed by atoms with Crippen LogP contribution in [0, 0.1) is 6.92 Å². The van der Waals surface area contributed by atoms with Gasteiger partial charge in [-0.1, -0.05) is 41.0 Å². The number of allylic oxidation sites excluding steroid dienone is 6. The minimum atomic E-state index is -0.334. The highest BCUT2D eigenvalue weighted by molar-refractivity contribution is 5.71. The molecule has 0 amide bonds. The third-order valence-corrected chi connectivity index (χ3v) is 5.75. The number of hydrogen-bond donors (Lipinski definition) is 0. The fourth-order valence-electron chi connectivity index (χ4n) is 3.87. The van der Waals surface area contributed by atoms with Crippen LogP contribution in [0.5, 0.6) is 11.5 Å². The lowest BCUT2D eigenvalue weighted by Crippen LogP contribution is -2.32. The second-order valence-corrected chi connectivity index (χ2v) is 9.50. The van der Waals surface area contributed by atoms with Crippen LogP contribution in [0.15, 0.2) is 53.2 Å². The fourth-order valence-corrected chi connectivity index (χ4v) is 3.87. The Balaban J connectivity index is 1.86. The van der Waals surface area contributed by atoms with Gasteiger partial charge in [0, 0.05) is 12.5 Å².